The zero-order chi connectivity index (χ0) is 14.1. The van der Waals surface area contributed by atoms with E-state index >= 15 is 0 Å². The predicted octanol–water partition coefficient (Wildman–Crippen LogP) is 5.70. The topological polar surface area (TPSA) is 12.0 Å². The average molecular weight is 286 g/mol. The number of aryl methyl sites for hydroxylation is 1. The zero-order valence-electron chi connectivity index (χ0n) is 12.0. The highest BCUT2D eigenvalue weighted by molar-refractivity contribution is 6.30. The molecule has 0 aromatic heterocycles. The van der Waals surface area contributed by atoms with E-state index in [4.69, 9.17) is 11.6 Å². The molecule has 2 aromatic carbocycles. The van der Waals surface area contributed by atoms with Crippen molar-refractivity contribution in [2.45, 2.75) is 38.6 Å². The maximum atomic E-state index is 6.03. The minimum absolute atomic E-state index is 0.405. The summed E-state index contributed by atoms with van der Waals surface area (Å²) in [5.74, 6) is 0.663. The van der Waals surface area contributed by atoms with Crippen molar-refractivity contribution in [2.75, 3.05) is 5.32 Å². The molecule has 1 nitrogen and oxygen atoms in total. The number of halogens is 1. The molecule has 3 rings (SSSR count). The summed E-state index contributed by atoms with van der Waals surface area (Å²) >= 11 is 6.03. The summed E-state index contributed by atoms with van der Waals surface area (Å²) in [4.78, 5) is 0. The Morgan fingerprint density at radius 2 is 1.80 bits per heavy atom. The Morgan fingerprint density at radius 3 is 2.55 bits per heavy atom. The Balaban J connectivity index is 1.90. The maximum Gasteiger partial charge on any atom is 0.0516 e. The van der Waals surface area contributed by atoms with Crippen molar-refractivity contribution in [3.63, 3.8) is 0 Å². The van der Waals surface area contributed by atoms with Crippen molar-refractivity contribution in [3.05, 3.63) is 64.2 Å². The minimum Gasteiger partial charge on any atom is -0.378 e. The van der Waals surface area contributed by atoms with Crippen LogP contribution in [0.15, 0.2) is 42.5 Å². The minimum atomic E-state index is 0.405. The Labute approximate surface area is 126 Å². The molecule has 0 radical (unpaired) electrons. The first kappa shape index (κ1) is 13.5. The van der Waals surface area contributed by atoms with Crippen LogP contribution < -0.4 is 5.32 Å². The molecular weight excluding hydrogens is 266 g/mol. The van der Waals surface area contributed by atoms with Crippen LogP contribution in [0.25, 0.3) is 0 Å². The number of nitrogens with one attached hydrogen (secondary N) is 1. The van der Waals surface area contributed by atoms with Crippen LogP contribution in [0, 0.1) is 6.92 Å². The summed E-state index contributed by atoms with van der Waals surface area (Å²) in [6.07, 6.45) is 2.42. The molecule has 0 fully saturated rings. The molecule has 0 saturated heterocycles. The van der Waals surface area contributed by atoms with E-state index in [0.29, 0.717) is 12.0 Å². The van der Waals surface area contributed by atoms with Crippen LogP contribution in [0.1, 0.15) is 48.4 Å². The van der Waals surface area contributed by atoms with Crippen LogP contribution >= 0.6 is 11.6 Å². The van der Waals surface area contributed by atoms with Crippen LogP contribution in [-0.4, -0.2) is 0 Å². The van der Waals surface area contributed by atoms with Crippen molar-refractivity contribution >= 4 is 17.3 Å². The van der Waals surface area contributed by atoms with Crippen LogP contribution in [0.3, 0.4) is 0 Å². The standard InChI is InChI=1S/C18H20ClN/c1-12-7-9-18(16-6-4-3-5-15(12)16)20-17-10-8-14(19)11-13(17)2/h3-6,8,10-12,18,20H,7,9H2,1-2H3. The molecule has 2 unspecified atom stereocenters. The quantitative estimate of drug-likeness (QED) is 0.746. The molecule has 20 heavy (non-hydrogen) atoms. The second-order valence-corrected chi connectivity index (χ2v) is 6.20. The molecular formula is C18H20ClN. The highest BCUT2D eigenvalue weighted by Gasteiger charge is 2.24. The third-order valence-electron chi connectivity index (χ3n) is 4.31. The van der Waals surface area contributed by atoms with Gasteiger partial charge in [0.25, 0.3) is 0 Å². The van der Waals surface area contributed by atoms with E-state index in [1.165, 1.54) is 35.2 Å². The first-order valence-corrected chi connectivity index (χ1v) is 7.64. The predicted molar refractivity (Wildman–Crippen MR) is 86.6 cm³/mol. The lowest BCUT2D eigenvalue weighted by Gasteiger charge is -2.31. The number of hydrogen-bond acceptors (Lipinski definition) is 1. The second kappa shape index (κ2) is 5.49. The molecule has 0 heterocycles. The van der Waals surface area contributed by atoms with Crippen molar-refractivity contribution in [1.82, 2.24) is 0 Å². The maximum absolute atomic E-state index is 6.03. The van der Waals surface area contributed by atoms with Gasteiger partial charge in [-0.2, -0.15) is 0 Å². The summed E-state index contributed by atoms with van der Waals surface area (Å²) < 4.78 is 0. The van der Waals surface area contributed by atoms with Crippen LogP contribution in [0.2, 0.25) is 5.02 Å². The van der Waals surface area contributed by atoms with Crippen LogP contribution in [0.5, 0.6) is 0 Å². The van der Waals surface area contributed by atoms with Gasteiger partial charge in [0.15, 0.2) is 0 Å². The van der Waals surface area contributed by atoms with Gasteiger partial charge in [0, 0.05) is 10.7 Å². The smallest absolute Gasteiger partial charge is 0.0516 e. The van der Waals surface area contributed by atoms with Gasteiger partial charge >= 0.3 is 0 Å². The van der Waals surface area contributed by atoms with Gasteiger partial charge in [-0.1, -0.05) is 42.8 Å². The number of benzene rings is 2. The number of rotatable bonds is 2. The van der Waals surface area contributed by atoms with Gasteiger partial charge in [0.2, 0.25) is 0 Å². The Morgan fingerprint density at radius 1 is 1.05 bits per heavy atom. The largest absolute Gasteiger partial charge is 0.378 e. The summed E-state index contributed by atoms with van der Waals surface area (Å²) in [6, 6.07) is 15.3. The Kier molecular flexibility index (Phi) is 3.71. The van der Waals surface area contributed by atoms with Crippen molar-refractivity contribution < 1.29 is 0 Å². The van der Waals surface area contributed by atoms with E-state index in [1.807, 2.05) is 12.1 Å². The van der Waals surface area contributed by atoms with Gasteiger partial charge in [-0.3, -0.25) is 0 Å². The van der Waals surface area contributed by atoms with Gasteiger partial charge in [0.1, 0.15) is 0 Å². The molecule has 2 heteroatoms. The summed E-state index contributed by atoms with van der Waals surface area (Å²) in [5, 5.41) is 4.49. The molecule has 2 atom stereocenters. The van der Waals surface area contributed by atoms with Crippen molar-refractivity contribution in [1.29, 1.82) is 0 Å². The van der Waals surface area contributed by atoms with Crippen LogP contribution in [-0.2, 0) is 0 Å². The zero-order valence-corrected chi connectivity index (χ0v) is 12.7. The monoisotopic (exact) mass is 285 g/mol. The van der Waals surface area contributed by atoms with E-state index in [1.54, 1.807) is 0 Å². The van der Waals surface area contributed by atoms with E-state index in [9.17, 15) is 0 Å². The first-order valence-electron chi connectivity index (χ1n) is 7.26. The third-order valence-corrected chi connectivity index (χ3v) is 4.54. The molecule has 1 aliphatic rings. The van der Waals surface area contributed by atoms with Gasteiger partial charge in [-0.25, -0.2) is 0 Å². The van der Waals surface area contributed by atoms with Gasteiger partial charge in [0.05, 0.1) is 6.04 Å². The molecule has 2 aromatic rings. The lowest BCUT2D eigenvalue weighted by molar-refractivity contribution is 0.534. The number of fused-ring (bicyclic) bond motifs is 1. The van der Waals surface area contributed by atoms with Crippen molar-refractivity contribution in [2.24, 2.45) is 0 Å². The molecule has 1 aliphatic carbocycles. The summed E-state index contributed by atoms with van der Waals surface area (Å²) in [6.45, 7) is 4.42. The first-order chi connectivity index (χ1) is 9.65. The fraction of sp³-hybridized carbons (Fsp3) is 0.333. The molecule has 1 N–H and O–H groups in total. The van der Waals surface area contributed by atoms with E-state index < -0.39 is 0 Å². The fourth-order valence-corrected chi connectivity index (χ4v) is 3.36. The fourth-order valence-electron chi connectivity index (χ4n) is 3.13. The van der Waals surface area contributed by atoms with Gasteiger partial charge in [-0.05, 0) is 60.6 Å². The molecule has 104 valence electrons. The van der Waals surface area contributed by atoms with Gasteiger partial charge < -0.3 is 5.32 Å². The normalized spacial score (nSPS) is 21.4. The lowest BCUT2D eigenvalue weighted by atomic mass is 9.81. The molecule has 0 aliphatic heterocycles. The van der Waals surface area contributed by atoms with E-state index in [2.05, 4.69) is 49.5 Å². The summed E-state index contributed by atoms with van der Waals surface area (Å²) in [5.41, 5.74) is 5.32. The number of hydrogen-bond donors (Lipinski definition) is 1. The Bertz CT molecular complexity index is 621. The SMILES string of the molecule is Cc1cc(Cl)ccc1NC1CCC(C)c2ccccc21. The molecule has 0 saturated carbocycles. The lowest BCUT2D eigenvalue weighted by Crippen LogP contribution is -2.19. The number of anilines is 1. The Hall–Kier alpha value is -1.47. The van der Waals surface area contributed by atoms with Crippen LogP contribution in [0.4, 0.5) is 5.69 Å². The second-order valence-electron chi connectivity index (χ2n) is 5.76. The molecule has 0 bridgehead atoms. The third kappa shape index (κ3) is 2.55. The van der Waals surface area contributed by atoms with Crippen molar-refractivity contribution in [3.8, 4) is 0 Å². The highest BCUT2D eigenvalue weighted by atomic mass is 35.5. The summed E-state index contributed by atoms with van der Waals surface area (Å²) in [7, 11) is 0. The van der Waals surface area contributed by atoms with E-state index in [0.717, 1.165) is 5.02 Å². The molecule has 0 amide bonds. The average Bonchev–Trinajstić information content (AvgIpc) is 2.45. The highest BCUT2D eigenvalue weighted by Crippen LogP contribution is 2.39. The van der Waals surface area contributed by atoms with Gasteiger partial charge in [-0.15, -0.1) is 0 Å². The molecule has 0 spiro atoms. The van der Waals surface area contributed by atoms with E-state index in [-0.39, 0.29) is 0 Å².